The Bertz CT molecular complexity index is 1110. The van der Waals surface area contributed by atoms with Crippen LogP contribution in [0.2, 0.25) is 0 Å². The summed E-state index contributed by atoms with van der Waals surface area (Å²) in [7, 11) is -6.65. The molecule has 0 unspecified atom stereocenters. The van der Waals surface area contributed by atoms with Gasteiger partial charge in [0.2, 0.25) is 10.0 Å². The van der Waals surface area contributed by atoms with E-state index in [1.807, 2.05) is 0 Å². The molecule has 150 valence electrons. The molecule has 0 bridgehead atoms. The molecule has 0 atom stereocenters. The van der Waals surface area contributed by atoms with Crippen LogP contribution in [0.4, 0.5) is 11.4 Å². The van der Waals surface area contributed by atoms with Gasteiger partial charge >= 0.3 is 0 Å². The molecule has 1 aliphatic rings. The molecule has 0 spiro atoms. The molecule has 1 N–H and O–H groups in total. The van der Waals surface area contributed by atoms with Gasteiger partial charge in [0.05, 0.1) is 22.6 Å². The first-order chi connectivity index (χ1) is 13.1. The molecule has 28 heavy (non-hydrogen) atoms. The molecule has 1 amide bonds. The van der Waals surface area contributed by atoms with Crippen LogP contribution >= 0.6 is 0 Å². The van der Waals surface area contributed by atoms with Gasteiger partial charge in [-0.3, -0.25) is 9.10 Å². The summed E-state index contributed by atoms with van der Waals surface area (Å²) in [5, 5.41) is 2.74. The van der Waals surface area contributed by atoms with Crippen molar-refractivity contribution in [3.63, 3.8) is 0 Å². The molecule has 1 heterocycles. The van der Waals surface area contributed by atoms with Crippen molar-refractivity contribution in [1.82, 2.24) is 0 Å². The second kappa shape index (κ2) is 7.56. The summed E-state index contributed by atoms with van der Waals surface area (Å²) in [6.45, 7) is 2.01. The van der Waals surface area contributed by atoms with Crippen molar-refractivity contribution < 1.29 is 21.6 Å². The molecule has 0 aromatic heterocycles. The van der Waals surface area contributed by atoms with Crippen molar-refractivity contribution in [1.29, 1.82) is 0 Å². The number of carbonyl (C=O) groups is 1. The maximum atomic E-state index is 12.6. The van der Waals surface area contributed by atoms with E-state index in [1.165, 1.54) is 22.7 Å². The normalized spacial score (nSPS) is 14.4. The molecule has 0 saturated heterocycles. The lowest BCUT2D eigenvalue weighted by Crippen LogP contribution is -2.34. The highest BCUT2D eigenvalue weighted by atomic mass is 32.2. The number of rotatable bonds is 5. The van der Waals surface area contributed by atoms with Crippen molar-refractivity contribution in [3.05, 3.63) is 53.6 Å². The SMILES string of the molecule is CCS(=O)(=O)c1ccc(NC(=O)c2ccc3c(c2)CCCN3S(C)(=O)=O)cc1. The van der Waals surface area contributed by atoms with Crippen LogP contribution in [-0.2, 0) is 26.3 Å². The predicted octanol–water partition coefficient (Wildman–Crippen LogP) is 2.44. The van der Waals surface area contributed by atoms with Crippen molar-refractivity contribution in [2.24, 2.45) is 0 Å². The average molecular weight is 423 g/mol. The number of nitrogens with one attached hydrogen (secondary N) is 1. The van der Waals surface area contributed by atoms with Gasteiger partial charge in [0.15, 0.2) is 9.84 Å². The van der Waals surface area contributed by atoms with E-state index in [1.54, 1.807) is 37.3 Å². The lowest BCUT2D eigenvalue weighted by atomic mass is 10.0. The quantitative estimate of drug-likeness (QED) is 0.798. The summed E-state index contributed by atoms with van der Waals surface area (Å²) in [5.41, 5.74) is 2.32. The molecular formula is C19H22N2O5S2. The number of nitrogens with zero attached hydrogens (tertiary/aromatic N) is 1. The van der Waals surface area contributed by atoms with Crippen LogP contribution in [0.3, 0.4) is 0 Å². The Hall–Kier alpha value is -2.39. The molecule has 0 saturated carbocycles. The van der Waals surface area contributed by atoms with E-state index in [-0.39, 0.29) is 16.6 Å². The second-order valence-electron chi connectivity index (χ2n) is 6.66. The maximum absolute atomic E-state index is 12.6. The molecular weight excluding hydrogens is 400 g/mol. The molecule has 9 heteroatoms. The lowest BCUT2D eigenvalue weighted by Gasteiger charge is -2.29. The molecule has 7 nitrogen and oxygen atoms in total. The Morgan fingerprint density at radius 2 is 1.75 bits per heavy atom. The number of hydrogen-bond donors (Lipinski definition) is 1. The summed E-state index contributed by atoms with van der Waals surface area (Å²) < 4.78 is 48.9. The van der Waals surface area contributed by atoms with Gasteiger partial charge in [-0.2, -0.15) is 0 Å². The van der Waals surface area contributed by atoms with Crippen LogP contribution in [0.5, 0.6) is 0 Å². The van der Waals surface area contributed by atoms with Crippen LogP contribution in [0.1, 0.15) is 29.3 Å². The van der Waals surface area contributed by atoms with Crippen molar-refractivity contribution in [2.45, 2.75) is 24.7 Å². The number of amides is 1. The number of sulfonamides is 1. The van der Waals surface area contributed by atoms with E-state index in [2.05, 4.69) is 5.32 Å². The highest BCUT2D eigenvalue weighted by Gasteiger charge is 2.24. The predicted molar refractivity (Wildman–Crippen MR) is 109 cm³/mol. The van der Waals surface area contributed by atoms with Crippen LogP contribution in [0.15, 0.2) is 47.4 Å². The molecule has 0 radical (unpaired) electrons. The minimum absolute atomic E-state index is 0.0122. The van der Waals surface area contributed by atoms with Gasteiger partial charge in [0.1, 0.15) is 0 Å². The van der Waals surface area contributed by atoms with Gasteiger partial charge < -0.3 is 5.32 Å². The largest absolute Gasteiger partial charge is 0.322 e. The zero-order chi connectivity index (χ0) is 20.5. The average Bonchev–Trinajstić information content (AvgIpc) is 2.66. The molecule has 3 rings (SSSR count). The summed E-state index contributed by atoms with van der Waals surface area (Å²) in [6, 6.07) is 11.0. The minimum Gasteiger partial charge on any atom is -0.322 e. The third-order valence-electron chi connectivity index (χ3n) is 4.67. The topological polar surface area (TPSA) is 101 Å². The smallest absolute Gasteiger partial charge is 0.255 e. The second-order valence-corrected chi connectivity index (χ2v) is 10.8. The number of sulfone groups is 1. The number of anilines is 2. The number of carbonyl (C=O) groups excluding carboxylic acids is 1. The summed E-state index contributed by atoms with van der Waals surface area (Å²) >= 11 is 0. The van der Waals surface area contributed by atoms with Gasteiger partial charge in [0.25, 0.3) is 5.91 Å². The van der Waals surface area contributed by atoms with E-state index < -0.39 is 19.9 Å². The maximum Gasteiger partial charge on any atom is 0.255 e. The Kier molecular flexibility index (Phi) is 5.49. The van der Waals surface area contributed by atoms with Crippen LogP contribution in [-0.4, -0.2) is 41.3 Å². The highest BCUT2D eigenvalue weighted by Crippen LogP contribution is 2.30. The van der Waals surface area contributed by atoms with Crippen LogP contribution in [0, 0.1) is 0 Å². The molecule has 2 aromatic rings. The Labute approximate surface area is 165 Å². The van der Waals surface area contributed by atoms with Gasteiger partial charge in [-0.05, 0) is 60.9 Å². The lowest BCUT2D eigenvalue weighted by molar-refractivity contribution is 0.102. The standard InChI is InChI=1S/C19H22N2O5S2/c1-3-28(25,26)17-9-7-16(8-10-17)20-19(22)15-6-11-18-14(13-15)5-4-12-21(18)27(2,23)24/h6-11,13H,3-5,12H2,1-2H3,(H,20,22). The van der Waals surface area contributed by atoms with Crippen molar-refractivity contribution >= 4 is 37.1 Å². The summed E-state index contributed by atoms with van der Waals surface area (Å²) in [4.78, 5) is 12.8. The van der Waals surface area contributed by atoms with Gasteiger partial charge in [-0.1, -0.05) is 6.92 Å². The summed E-state index contributed by atoms with van der Waals surface area (Å²) in [5.74, 6) is -0.330. The van der Waals surface area contributed by atoms with E-state index in [4.69, 9.17) is 0 Å². The number of hydrogen-bond acceptors (Lipinski definition) is 5. The van der Waals surface area contributed by atoms with Crippen molar-refractivity contribution in [3.8, 4) is 0 Å². The van der Waals surface area contributed by atoms with Crippen molar-refractivity contribution in [2.75, 3.05) is 28.2 Å². The van der Waals surface area contributed by atoms with E-state index in [0.29, 0.717) is 36.3 Å². The van der Waals surface area contributed by atoms with Crippen LogP contribution in [0.25, 0.3) is 0 Å². The fourth-order valence-electron chi connectivity index (χ4n) is 3.16. The molecule has 0 aliphatic carbocycles. The minimum atomic E-state index is -3.36. The molecule has 1 aliphatic heterocycles. The fourth-order valence-corrected chi connectivity index (χ4v) is 5.04. The number of benzene rings is 2. The first-order valence-electron chi connectivity index (χ1n) is 8.86. The van der Waals surface area contributed by atoms with E-state index >= 15 is 0 Å². The molecule has 2 aromatic carbocycles. The zero-order valence-corrected chi connectivity index (χ0v) is 17.3. The molecule has 0 fully saturated rings. The monoisotopic (exact) mass is 422 g/mol. The first kappa shape index (κ1) is 20.3. The third-order valence-corrected chi connectivity index (χ3v) is 7.60. The van der Waals surface area contributed by atoms with E-state index in [0.717, 1.165) is 5.56 Å². The number of fused-ring (bicyclic) bond motifs is 1. The summed E-state index contributed by atoms with van der Waals surface area (Å²) in [6.07, 6.45) is 2.57. The Morgan fingerprint density at radius 1 is 1.07 bits per heavy atom. The van der Waals surface area contributed by atoms with E-state index in [9.17, 15) is 21.6 Å². The first-order valence-corrected chi connectivity index (χ1v) is 12.4. The Balaban J connectivity index is 1.80. The zero-order valence-electron chi connectivity index (χ0n) is 15.7. The van der Waals surface area contributed by atoms with Gasteiger partial charge in [0, 0.05) is 17.8 Å². The van der Waals surface area contributed by atoms with Gasteiger partial charge in [-0.15, -0.1) is 0 Å². The highest BCUT2D eigenvalue weighted by molar-refractivity contribution is 7.92. The van der Waals surface area contributed by atoms with Gasteiger partial charge in [-0.25, -0.2) is 16.8 Å². The third kappa shape index (κ3) is 4.20. The Morgan fingerprint density at radius 3 is 2.36 bits per heavy atom. The van der Waals surface area contributed by atoms with Crippen LogP contribution < -0.4 is 9.62 Å². The number of aryl methyl sites for hydroxylation is 1. The fraction of sp³-hybridized carbons (Fsp3) is 0.316.